The molecule has 1 aliphatic rings. The number of anilines is 1. The summed E-state index contributed by atoms with van der Waals surface area (Å²) in [5.74, 6) is 2.01. The van der Waals surface area contributed by atoms with E-state index in [-0.39, 0.29) is 0 Å². The van der Waals surface area contributed by atoms with Crippen LogP contribution in [0, 0.1) is 6.92 Å². The molecule has 0 bridgehead atoms. The lowest BCUT2D eigenvalue weighted by Crippen LogP contribution is -2.48. The van der Waals surface area contributed by atoms with Gasteiger partial charge in [0.25, 0.3) is 0 Å². The maximum absolute atomic E-state index is 5.96. The maximum atomic E-state index is 5.96. The van der Waals surface area contributed by atoms with E-state index in [2.05, 4.69) is 60.5 Å². The number of fused-ring (bicyclic) bond motifs is 1. The van der Waals surface area contributed by atoms with Crippen LogP contribution in [0.5, 0.6) is 0 Å². The lowest BCUT2D eigenvalue weighted by Gasteiger charge is -2.41. The first-order valence-electron chi connectivity index (χ1n) is 7.13. The third-order valence-corrected chi connectivity index (χ3v) is 4.88. The number of hydrogen-bond donors (Lipinski definition) is 0. The zero-order valence-electron chi connectivity index (χ0n) is 12.0. The SMILES string of the molecule is Cc1nc2ccccc2n1C1CN(c2ncc(Cl)cc2Br)C1. The fourth-order valence-electron chi connectivity index (χ4n) is 3.06. The van der Waals surface area contributed by atoms with E-state index in [4.69, 9.17) is 11.6 Å². The number of rotatable bonds is 2. The molecule has 3 aromatic rings. The molecule has 1 aromatic carbocycles. The quantitative estimate of drug-likeness (QED) is 0.670. The van der Waals surface area contributed by atoms with E-state index in [0.717, 1.165) is 34.7 Å². The molecule has 1 aliphatic heterocycles. The summed E-state index contributed by atoms with van der Waals surface area (Å²) < 4.78 is 3.26. The minimum absolute atomic E-state index is 0.428. The van der Waals surface area contributed by atoms with E-state index < -0.39 is 0 Å². The lowest BCUT2D eigenvalue weighted by molar-refractivity contribution is 0.398. The largest absolute Gasteiger partial charge is 0.351 e. The van der Waals surface area contributed by atoms with Crippen molar-refractivity contribution in [1.29, 1.82) is 0 Å². The van der Waals surface area contributed by atoms with E-state index in [1.54, 1.807) is 6.20 Å². The molecule has 2 aromatic heterocycles. The Balaban J connectivity index is 1.61. The number of imidazole rings is 1. The summed E-state index contributed by atoms with van der Waals surface area (Å²) in [5, 5.41) is 0.643. The number of hydrogen-bond acceptors (Lipinski definition) is 3. The summed E-state index contributed by atoms with van der Waals surface area (Å²) in [6, 6.07) is 10.6. The second-order valence-electron chi connectivity index (χ2n) is 5.54. The summed E-state index contributed by atoms with van der Waals surface area (Å²) in [6.07, 6.45) is 1.69. The molecule has 3 heterocycles. The molecule has 0 N–H and O–H groups in total. The molecule has 112 valence electrons. The average molecular weight is 378 g/mol. The van der Waals surface area contributed by atoms with Crippen LogP contribution in [0.4, 0.5) is 5.82 Å². The van der Waals surface area contributed by atoms with Crippen LogP contribution in [0.1, 0.15) is 11.9 Å². The number of benzene rings is 1. The monoisotopic (exact) mass is 376 g/mol. The highest BCUT2D eigenvalue weighted by molar-refractivity contribution is 9.10. The lowest BCUT2D eigenvalue weighted by atomic mass is 10.1. The van der Waals surface area contributed by atoms with Crippen molar-refractivity contribution in [3.63, 3.8) is 0 Å². The maximum Gasteiger partial charge on any atom is 0.143 e. The molecular formula is C16H14BrClN4. The number of nitrogens with zero attached hydrogens (tertiary/aromatic N) is 4. The smallest absolute Gasteiger partial charge is 0.143 e. The molecule has 0 atom stereocenters. The Morgan fingerprint density at radius 3 is 2.82 bits per heavy atom. The second-order valence-corrected chi connectivity index (χ2v) is 6.83. The first-order chi connectivity index (χ1) is 10.6. The Kier molecular flexibility index (Phi) is 3.35. The molecule has 22 heavy (non-hydrogen) atoms. The van der Waals surface area contributed by atoms with Crippen LogP contribution in [0.25, 0.3) is 11.0 Å². The van der Waals surface area contributed by atoms with Crippen molar-refractivity contribution in [2.45, 2.75) is 13.0 Å². The van der Waals surface area contributed by atoms with Crippen LogP contribution in [-0.2, 0) is 0 Å². The molecule has 0 unspecified atom stereocenters. The highest BCUT2D eigenvalue weighted by Gasteiger charge is 2.32. The first kappa shape index (κ1) is 14.0. The highest BCUT2D eigenvalue weighted by atomic mass is 79.9. The summed E-state index contributed by atoms with van der Waals surface area (Å²) >= 11 is 9.49. The van der Waals surface area contributed by atoms with Crippen molar-refractivity contribution < 1.29 is 0 Å². The van der Waals surface area contributed by atoms with Crippen LogP contribution < -0.4 is 4.90 Å². The topological polar surface area (TPSA) is 34.0 Å². The molecule has 4 nitrogen and oxygen atoms in total. The third-order valence-electron chi connectivity index (χ3n) is 4.09. The summed E-state index contributed by atoms with van der Waals surface area (Å²) in [6.45, 7) is 3.92. The molecule has 0 saturated carbocycles. The van der Waals surface area contributed by atoms with Crippen molar-refractivity contribution in [3.8, 4) is 0 Å². The van der Waals surface area contributed by atoms with Crippen LogP contribution in [0.2, 0.25) is 5.02 Å². The number of aryl methyl sites for hydroxylation is 1. The summed E-state index contributed by atoms with van der Waals surface area (Å²) in [7, 11) is 0. The van der Waals surface area contributed by atoms with Crippen molar-refractivity contribution in [3.05, 3.63) is 51.8 Å². The van der Waals surface area contributed by atoms with E-state index in [0.29, 0.717) is 11.1 Å². The zero-order valence-corrected chi connectivity index (χ0v) is 14.3. The Morgan fingerprint density at radius 1 is 1.27 bits per heavy atom. The molecule has 4 rings (SSSR count). The van der Waals surface area contributed by atoms with Gasteiger partial charge in [0.05, 0.1) is 26.6 Å². The third kappa shape index (κ3) is 2.20. The molecule has 1 saturated heterocycles. The Hall–Kier alpha value is -1.59. The molecule has 1 fully saturated rings. The molecular weight excluding hydrogens is 364 g/mol. The van der Waals surface area contributed by atoms with Gasteiger partial charge in [0.1, 0.15) is 11.6 Å². The van der Waals surface area contributed by atoms with E-state index in [1.165, 1.54) is 5.52 Å². The number of pyridine rings is 1. The Bertz CT molecular complexity index is 854. The zero-order chi connectivity index (χ0) is 15.3. The summed E-state index contributed by atoms with van der Waals surface area (Å²) in [4.78, 5) is 11.3. The number of halogens is 2. The minimum Gasteiger partial charge on any atom is -0.351 e. The van der Waals surface area contributed by atoms with Gasteiger partial charge in [-0.25, -0.2) is 9.97 Å². The molecule has 6 heteroatoms. The molecule has 0 spiro atoms. The van der Waals surface area contributed by atoms with Crippen molar-refractivity contribution in [1.82, 2.24) is 14.5 Å². The molecule has 0 aliphatic carbocycles. The van der Waals surface area contributed by atoms with Crippen molar-refractivity contribution in [2.75, 3.05) is 18.0 Å². The second kappa shape index (κ2) is 5.25. The Morgan fingerprint density at radius 2 is 2.05 bits per heavy atom. The van der Waals surface area contributed by atoms with Gasteiger partial charge in [0, 0.05) is 19.3 Å². The fourth-order valence-corrected chi connectivity index (χ4v) is 3.95. The average Bonchev–Trinajstić information content (AvgIpc) is 2.76. The van der Waals surface area contributed by atoms with Gasteiger partial charge in [-0.15, -0.1) is 0 Å². The van der Waals surface area contributed by atoms with E-state index in [9.17, 15) is 0 Å². The summed E-state index contributed by atoms with van der Waals surface area (Å²) in [5.41, 5.74) is 2.26. The van der Waals surface area contributed by atoms with Crippen molar-refractivity contribution in [2.24, 2.45) is 0 Å². The number of para-hydroxylation sites is 2. The normalized spacial score (nSPS) is 15.3. The van der Waals surface area contributed by atoms with Gasteiger partial charge >= 0.3 is 0 Å². The van der Waals surface area contributed by atoms with Crippen LogP contribution in [0.15, 0.2) is 41.0 Å². The van der Waals surface area contributed by atoms with Crippen LogP contribution >= 0.6 is 27.5 Å². The van der Waals surface area contributed by atoms with E-state index >= 15 is 0 Å². The minimum atomic E-state index is 0.428. The van der Waals surface area contributed by atoms with Gasteiger partial charge in [-0.05, 0) is 41.1 Å². The fraction of sp³-hybridized carbons (Fsp3) is 0.250. The van der Waals surface area contributed by atoms with Gasteiger partial charge in [-0.3, -0.25) is 0 Å². The number of aromatic nitrogens is 3. The first-order valence-corrected chi connectivity index (χ1v) is 8.30. The van der Waals surface area contributed by atoms with E-state index in [1.807, 2.05) is 12.1 Å². The standard InChI is InChI=1S/C16H14BrClN4/c1-10-20-14-4-2-3-5-15(14)22(10)12-8-21(9-12)16-13(17)6-11(18)7-19-16/h2-7,12H,8-9H2,1H3. The van der Waals surface area contributed by atoms with Crippen LogP contribution in [-0.4, -0.2) is 27.6 Å². The van der Waals surface area contributed by atoms with Gasteiger partial charge in [0.15, 0.2) is 0 Å². The van der Waals surface area contributed by atoms with Gasteiger partial charge < -0.3 is 9.47 Å². The van der Waals surface area contributed by atoms with Gasteiger partial charge in [-0.1, -0.05) is 23.7 Å². The molecule has 0 radical (unpaired) electrons. The predicted octanol–water partition coefficient (Wildman–Crippen LogP) is 4.22. The van der Waals surface area contributed by atoms with Crippen molar-refractivity contribution >= 4 is 44.4 Å². The van der Waals surface area contributed by atoms with Gasteiger partial charge in [-0.2, -0.15) is 0 Å². The van der Waals surface area contributed by atoms with Crippen LogP contribution in [0.3, 0.4) is 0 Å². The Labute approximate surface area is 141 Å². The van der Waals surface area contributed by atoms with Gasteiger partial charge in [0.2, 0.25) is 0 Å². The predicted molar refractivity (Wildman–Crippen MR) is 92.7 cm³/mol. The highest BCUT2D eigenvalue weighted by Crippen LogP contribution is 2.34. The molecule has 0 amide bonds.